The third-order valence-electron chi connectivity index (χ3n) is 4.82. The van der Waals surface area contributed by atoms with Crippen LogP contribution < -0.4 is 23.8 Å². The van der Waals surface area contributed by atoms with E-state index in [2.05, 4.69) is 5.32 Å². The Morgan fingerprint density at radius 2 is 1.50 bits per heavy atom. The summed E-state index contributed by atoms with van der Waals surface area (Å²) < 4.78 is 43.8. The van der Waals surface area contributed by atoms with Gasteiger partial charge >= 0.3 is 0 Å². The molecule has 11 heteroatoms. The van der Waals surface area contributed by atoms with Gasteiger partial charge in [-0.1, -0.05) is 29.3 Å². The van der Waals surface area contributed by atoms with Gasteiger partial charge in [0.25, 0.3) is 10.0 Å². The molecule has 3 rings (SSSR count). The number of anilines is 2. The van der Waals surface area contributed by atoms with Crippen molar-refractivity contribution in [3.8, 4) is 17.2 Å². The molecule has 0 aliphatic rings. The van der Waals surface area contributed by atoms with Gasteiger partial charge in [0.15, 0.2) is 11.5 Å². The predicted octanol–water partition coefficient (Wildman–Crippen LogP) is 4.85. The third kappa shape index (κ3) is 5.49. The average molecular weight is 525 g/mol. The number of hydrogen-bond donors (Lipinski definition) is 1. The first kappa shape index (κ1) is 25.5. The Labute approximate surface area is 208 Å². The minimum Gasteiger partial charge on any atom is -0.497 e. The zero-order valence-electron chi connectivity index (χ0n) is 18.5. The molecule has 1 amide bonds. The number of hydrogen-bond acceptors (Lipinski definition) is 6. The molecule has 8 nitrogen and oxygen atoms in total. The second-order valence-corrected chi connectivity index (χ2v) is 9.55. The Bertz CT molecular complexity index is 1260. The number of sulfonamides is 1. The molecule has 0 aromatic heterocycles. The molecule has 0 saturated heterocycles. The quantitative estimate of drug-likeness (QED) is 0.429. The molecule has 3 aromatic rings. The molecule has 0 spiro atoms. The van der Waals surface area contributed by atoms with Gasteiger partial charge in [0, 0.05) is 6.07 Å². The van der Waals surface area contributed by atoms with Crippen LogP contribution in [0.15, 0.2) is 65.6 Å². The largest absolute Gasteiger partial charge is 0.497 e. The van der Waals surface area contributed by atoms with Crippen molar-refractivity contribution < 1.29 is 27.4 Å². The summed E-state index contributed by atoms with van der Waals surface area (Å²) >= 11 is 12.3. The fraction of sp³-hybridized carbons (Fsp3) is 0.174. The number of methoxy groups -OCH3 is 3. The van der Waals surface area contributed by atoms with Gasteiger partial charge in [-0.3, -0.25) is 9.10 Å². The Morgan fingerprint density at radius 3 is 2.06 bits per heavy atom. The first-order valence-corrected chi connectivity index (χ1v) is 12.0. The molecular formula is C23H22Cl2N2O6S. The minimum absolute atomic E-state index is 0.0930. The number of para-hydroxylation sites is 1. The number of carbonyl (C=O) groups is 1. The van der Waals surface area contributed by atoms with Gasteiger partial charge in [-0.05, 0) is 48.5 Å². The maximum absolute atomic E-state index is 13.6. The molecule has 0 aliphatic carbocycles. The lowest BCUT2D eigenvalue weighted by atomic mass is 10.3. The van der Waals surface area contributed by atoms with Crippen LogP contribution >= 0.6 is 23.2 Å². The molecule has 3 aromatic carbocycles. The summed E-state index contributed by atoms with van der Waals surface area (Å²) in [6.45, 7) is -0.551. The number of halogens is 2. The Kier molecular flexibility index (Phi) is 8.14. The van der Waals surface area contributed by atoms with Gasteiger partial charge in [0.05, 0.1) is 47.6 Å². The average Bonchev–Trinajstić information content (AvgIpc) is 2.84. The van der Waals surface area contributed by atoms with Crippen LogP contribution in [0.1, 0.15) is 0 Å². The van der Waals surface area contributed by atoms with Gasteiger partial charge in [0.1, 0.15) is 12.3 Å². The molecule has 180 valence electrons. The van der Waals surface area contributed by atoms with Crippen molar-refractivity contribution in [2.24, 2.45) is 0 Å². The predicted molar refractivity (Wildman–Crippen MR) is 132 cm³/mol. The lowest BCUT2D eigenvalue weighted by Crippen LogP contribution is -2.38. The van der Waals surface area contributed by atoms with Crippen LogP contribution in [-0.2, 0) is 14.8 Å². The lowest BCUT2D eigenvalue weighted by molar-refractivity contribution is -0.114. The van der Waals surface area contributed by atoms with Crippen molar-refractivity contribution in [3.63, 3.8) is 0 Å². The molecule has 0 bridgehead atoms. The number of benzene rings is 3. The second-order valence-electron chi connectivity index (χ2n) is 6.87. The van der Waals surface area contributed by atoms with Crippen molar-refractivity contribution >= 4 is 50.5 Å². The SMILES string of the molecule is COc1ccc(N(CC(=O)Nc2c(Cl)cccc2Cl)S(=O)(=O)c2ccc(OC)c(OC)c2)cc1. The number of nitrogens with zero attached hydrogens (tertiary/aromatic N) is 1. The highest BCUT2D eigenvalue weighted by Crippen LogP contribution is 2.33. The zero-order valence-corrected chi connectivity index (χ0v) is 20.9. The van der Waals surface area contributed by atoms with E-state index in [0.29, 0.717) is 11.5 Å². The molecule has 0 aliphatic heterocycles. The zero-order chi connectivity index (χ0) is 24.9. The van der Waals surface area contributed by atoms with E-state index in [9.17, 15) is 13.2 Å². The molecule has 0 heterocycles. The van der Waals surface area contributed by atoms with Crippen LogP contribution in [0.2, 0.25) is 10.0 Å². The molecular weight excluding hydrogens is 503 g/mol. The Hall–Kier alpha value is -3.14. The summed E-state index contributed by atoms with van der Waals surface area (Å²) in [5.41, 5.74) is 0.435. The normalized spacial score (nSPS) is 11.0. The van der Waals surface area contributed by atoms with Crippen LogP contribution in [-0.4, -0.2) is 42.2 Å². The number of carbonyl (C=O) groups excluding carboxylic acids is 1. The van der Waals surface area contributed by atoms with Gasteiger partial charge in [-0.15, -0.1) is 0 Å². The van der Waals surface area contributed by atoms with E-state index in [4.69, 9.17) is 37.4 Å². The van der Waals surface area contributed by atoms with Crippen LogP contribution in [0.3, 0.4) is 0 Å². The van der Waals surface area contributed by atoms with Crippen LogP contribution in [0.5, 0.6) is 17.2 Å². The van der Waals surface area contributed by atoms with Crippen molar-refractivity contribution in [2.45, 2.75) is 4.90 Å². The summed E-state index contributed by atoms with van der Waals surface area (Å²) in [5.74, 6) is 0.475. The molecule has 0 saturated carbocycles. The summed E-state index contributed by atoms with van der Waals surface area (Å²) in [6.07, 6.45) is 0. The van der Waals surface area contributed by atoms with Gasteiger partial charge in [-0.2, -0.15) is 0 Å². The fourth-order valence-electron chi connectivity index (χ4n) is 3.09. The van der Waals surface area contributed by atoms with E-state index in [-0.39, 0.29) is 32.1 Å². The topological polar surface area (TPSA) is 94.2 Å². The first-order valence-electron chi connectivity index (χ1n) is 9.84. The van der Waals surface area contributed by atoms with E-state index < -0.39 is 22.5 Å². The summed E-state index contributed by atoms with van der Waals surface area (Å²) in [6, 6.07) is 15.2. The van der Waals surface area contributed by atoms with Crippen LogP contribution in [0, 0.1) is 0 Å². The smallest absolute Gasteiger partial charge is 0.264 e. The summed E-state index contributed by atoms with van der Waals surface area (Å²) in [7, 11) is 0.129. The van der Waals surface area contributed by atoms with E-state index in [1.54, 1.807) is 30.3 Å². The lowest BCUT2D eigenvalue weighted by Gasteiger charge is -2.25. The fourth-order valence-corrected chi connectivity index (χ4v) is 5.02. The van der Waals surface area contributed by atoms with Gasteiger partial charge < -0.3 is 19.5 Å². The van der Waals surface area contributed by atoms with E-state index >= 15 is 0 Å². The third-order valence-corrected chi connectivity index (χ3v) is 7.22. The molecule has 0 radical (unpaired) electrons. The molecule has 0 unspecified atom stereocenters. The maximum Gasteiger partial charge on any atom is 0.264 e. The second kappa shape index (κ2) is 10.9. The maximum atomic E-state index is 13.6. The highest BCUT2D eigenvalue weighted by Gasteiger charge is 2.29. The number of ether oxygens (including phenoxy) is 3. The molecule has 0 fully saturated rings. The summed E-state index contributed by atoms with van der Waals surface area (Å²) in [5, 5.41) is 3.03. The summed E-state index contributed by atoms with van der Waals surface area (Å²) in [4.78, 5) is 12.8. The number of nitrogens with one attached hydrogen (secondary N) is 1. The van der Waals surface area contributed by atoms with Gasteiger partial charge in [0.2, 0.25) is 5.91 Å². The first-order chi connectivity index (χ1) is 16.2. The van der Waals surface area contributed by atoms with E-state index in [0.717, 1.165) is 4.31 Å². The highest BCUT2D eigenvalue weighted by atomic mass is 35.5. The van der Waals surface area contributed by atoms with Crippen molar-refractivity contribution in [3.05, 3.63) is 70.7 Å². The van der Waals surface area contributed by atoms with Crippen molar-refractivity contribution in [1.82, 2.24) is 0 Å². The van der Waals surface area contributed by atoms with Crippen molar-refractivity contribution in [1.29, 1.82) is 0 Å². The molecule has 34 heavy (non-hydrogen) atoms. The Balaban J connectivity index is 2.02. The number of rotatable bonds is 9. The monoisotopic (exact) mass is 524 g/mol. The minimum atomic E-state index is -4.21. The standard InChI is InChI=1S/C23H22Cl2N2O6S/c1-31-16-9-7-15(8-10-16)27(14-22(28)26-23-18(24)5-4-6-19(23)25)34(29,30)17-11-12-20(32-2)21(13-17)33-3/h4-13H,14H2,1-3H3,(H,26,28). The van der Waals surface area contributed by atoms with Crippen LogP contribution in [0.4, 0.5) is 11.4 Å². The van der Waals surface area contributed by atoms with Crippen molar-refractivity contribution in [2.75, 3.05) is 37.5 Å². The molecule has 0 atom stereocenters. The number of amides is 1. The highest BCUT2D eigenvalue weighted by molar-refractivity contribution is 7.92. The Morgan fingerprint density at radius 1 is 0.882 bits per heavy atom. The van der Waals surface area contributed by atoms with E-state index in [1.165, 1.54) is 51.7 Å². The molecule has 1 N–H and O–H groups in total. The van der Waals surface area contributed by atoms with Gasteiger partial charge in [-0.25, -0.2) is 8.42 Å². The van der Waals surface area contributed by atoms with Crippen LogP contribution in [0.25, 0.3) is 0 Å². The van der Waals surface area contributed by atoms with E-state index in [1.807, 2.05) is 0 Å².